The van der Waals surface area contributed by atoms with E-state index in [0.29, 0.717) is 0 Å². The minimum Gasteiger partial charge on any atom is -0.412 e. The van der Waals surface area contributed by atoms with Crippen LogP contribution >= 0.6 is 46.9 Å². The number of hydrogen-bond donors (Lipinski definition) is 12. The molecule has 37 heavy (non-hydrogen) atoms. The van der Waals surface area contributed by atoms with Crippen LogP contribution in [-0.4, -0.2) is 101 Å². The van der Waals surface area contributed by atoms with E-state index in [0.717, 1.165) is 0 Å². The van der Waals surface area contributed by atoms with Crippen molar-refractivity contribution in [2.24, 2.45) is 0 Å². The lowest BCUT2D eigenvalue weighted by molar-refractivity contribution is -0.202. The van der Waals surface area contributed by atoms with Gasteiger partial charge in [-0.3, -0.25) is 27.1 Å². The van der Waals surface area contributed by atoms with Gasteiger partial charge in [-0.1, -0.05) is 0 Å². The van der Waals surface area contributed by atoms with Gasteiger partial charge in [-0.05, 0) is 0 Å². The second-order valence-corrected chi connectivity index (χ2v) is 13.5. The zero-order valence-corrected chi connectivity index (χ0v) is 22.3. The number of phosphoric ester groups is 6. The molecule has 0 aliphatic heterocycles. The van der Waals surface area contributed by atoms with Crippen molar-refractivity contribution in [1.82, 2.24) is 0 Å². The van der Waals surface area contributed by atoms with Crippen molar-refractivity contribution in [3.05, 3.63) is 0 Å². The third-order valence-corrected chi connectivity index (χ3v) is 6.61. The van der Waals surface area contributed by atoms with Crippen LogP contribution in [0.25, 0.3) is 0 Å². The molecule has 1 aliphatic rings. The molecule has 0 aromatic rings. The van der Waals surface area contributed by atoms with Gasteiger partial charge in [0.2, 0.25) is 0 Å². The van der Waals surface area contributed by atoms with E-state index in [1.165, 1.54) is 0 Å². The summed E-state index contributed by atoms with van der Waals surface area (Å²) >= 11 is 0. The van der Waals surface area contributed by atoms with Gasteiger partial charge in [0.1, 0.15) is 36.6 Å². The van der Waals surface area contributed by atoms with E-state index in [4.69, 9.17) is 58.7 Å². The Morgan fingerprint density at radius 3 is 0.432 bits per heavy atom. The van der Waals surface area contributed by atoms with Crippen LogP contribution in [0.15, 0.2) is 0 Å². The Balaban J connectivity index is 0.0000130. The monoisotopic (exact) mass is 678 g/mol. The van der Waals surface area contributed by atoms with Crippen LogP contribution in [0.3, 0.4) is 0 Å². The average Bonchev–Trinajstić information content (AvgIpc) is 2.51. The minimum absolute atomic E-state index is 0. The van der Waals surface area contributed by atoms with Gasteiger partial charge in [0.05, 0.1) is 0 Å². The SMILES string of the molecule is O.O=P(O)(O)O[C@H]1[C@H](OP(=O)(O)O)[C@@H](OP(=O)(O)O)[C@H](OP(=O)(O)O)[C@@H](OP(=O)(O)O)[C@H]1OP(=O)(O)O. The molecule has 0 unspecified atom stereocenters. The molecule has 14 N–H and O–H groups in total. The van der Waals surface area contributed by atoms with Gasteiger partial charge in [-0.15, -0.1) is 0 Å². The van der Waals surface area contributed by atoms with Gasteiger partial charge >= 0.3 is 46.9 Å². The molecule has 1 aliphatic carbocycles. The molecule has 25 nitrogen and oxygen atoms in total. The van der Waals surface area contributed by atoms with Crippen LogP contribution in [0.4, 0.5) is 0 Å². The van der Waals surface area contributed by atoms with Crippen LogP contribution in [-0.2, 0) is 54.5 Å². The van der Waals surface area contributed by atoms with Crippen LogP contribution in [0, 0.1) is 0 Å². The summed E-state index contributed by atoms with van der Waals surface area (Å²) in [7, 11) is -36.1. The Morgan fingerprint density at radius 2 is 0.378 bits per heavy atom. The van der Waals surface area contributed by atoms with Crippen molar-refractivity contribution in [2.45, 2.75) is 36.6 Å². The molecule has 224 valence electrons. The standard InChI is InChI=1S/C6H18O24P6.H2O/c7-31(8,9)25-1-2(26-32(10,11)12)4(28-34(16,17)18)6(30-36(22,23)24)5(29-35(19,20)21)3(1)27-33(13,14)15;/h1-6H,(H2,7,8,9)(H2,10,11,12)(H2,13,14,15)(H2,16,17,18)(H2,19,20,21)(H2,22,23,24);1H2/t1-,2-,3-,4+,5-,6-;. The zero-order chi connectivity index (χ0) is 28.7. The lowest BCUT2D eigenvalue weighted by Crippen LogP contribution is -2.66. The Labute approximate surface area is 203 Å². The zero-order valence-electron chi connectivity index (χ0n) is 16.9. The molecule has 0 amide bonds. The van der Waals surface area contributed by atoms with E-state index in [1.54, 1.807) is 0 Å². The largest absolute Gasteiger partial charge is 0.470 e. The van der Waals surface area contributed by atoms with Crippen molar-refractivity contribution in [1.29, 1.82) is 0 Å². The van der Waals surface area contributed by atoms with Gasteiger partial charge in [0.15, 0.2) is 0 Å². The van der Waals surface area contributed by atoms with Crippen LogP contribution < -0.4 is 0 Å². The Kier molecular flexibility index (Phi) is 12.9. The lowest BCUT2D eigenvalue weighted by Gasteiger charge is -2.48. The van der Waals surface area contributed by atoms with Gasteiger partial charge in [0, 0.05) is 0 Å². The van der Waals surface area contributed by atoms with Crippen LogP contribution in [0.1, 0.15) is 0 Å². The fourth-order valence-corrected chi connectivity index (χ4v) is 6.14. The molecule has 0 aromatic carbocycles. The summed E-state index contributed by atoms with van der Waals surface area (Å²) in [5.74, 6) is 0. The van der Waals surface area contributed by atoms with E-state index in [-0.39, 0.29) is 5.48 Å². The summed E-state index contributed by atoms with van der Waals surface area (Å²) in [6, 6.07) is 0. The van der Waals surface area contributed by atoms with Gasteiger partial charge in [-0.25, -0.2) is 27.4 Å². The molecule has 1 fully saturated rings. The molecule has 31 heteroatoms. The highest BCUT2D eigenvalue weighted by atomic mass is 31.2. The molecule has 0 spiro atoms. The molecule has 0 radical (unpaired) electrons. The molecule has 0 heterocycles. The third kappa shape index (κ3) is 14.7. The quantitative estimate of drug-likeness (QED) is 0.0876. The summed E-state index contributed by atoms with van der Waals surface area (Å²) in [6.45, 7) is 0. The van der Waals surface area contributed by atoms with E-state index in [9.17, 15) is 27.4 Å². The van der Waals surface area contributed by atoms with Crippen molar-refractivity contribution in [3.8, 4) is 0 Å². The first-order valence-electron chi connectivity index (χ1n) is 8.01. The molecule has 0 atom stereocenters. The highest BCUT2D eigenvalue weighted by molar-refractivity contribution is 7.47. The first-order chi connectivity index (χ1) is 15.6. The normalized spacial score (nSPS) is 28.5. The molecule has 0 aromatic heterocycles. The first-order valence-corrected chi connectivity index (χ1v) is 17.2. The third-order valence-electron chi connectivity index (χ3n) is 3.50. The summed E-state index contributed by atoms with van der Waals surface area (Å²) in [6.07, 6.45) is -18.9. The highest BCUT2D eigenvalue weighted by Crippen LogP contribution is 2.57. The molecular weight excluding hydrogens is 658 g/mol. The van der Waals surface area contributed by atoms with Crippen molar-refractivity contribution in [3.63, 3.8) is 0 Å². The molecule has 0 bridgehead atoms. The second kappa shape index (κ2) is 12.6. The maximum atomic E-state index is 11.4. The molecule has 0 saturated heterocycles. The van der Waals surface area contributed by atoms with E-state index >= 15 is 0 Å². The van der Waals surface area contributed by atoms with Crippen LogP contribution in [0.5, 0.6) is 0 Å². The number of rotatable bonds is 12. The maximum Gasteiger partial charge on any atom is 0.470 e. The van der Waals surface area contributed by atoms with E-state index in [1.807, 2.05) is 0 Å². The Hall–Kier alpha value is 0.620. The summed E-state index contributed by atoms with van der Waals surface area (Å²) in [5, 5.41) is 0. The smallest absolute Gasteiger partial charge is 0.412 e. The predicted molar refractivity (Wildman–Crippen MR) is 105 cm³/mol. The van der Waals surface area contributed by atoms with Crippen molar-refractivity contribution >= 4 is 46.9 Å². The molecule has 1 rings (SSSR count). The summed E-state index contributed by atoms with van der Waals surface area (Å²) in [4.78, 5) is 110. The molecule has 1 saturated carbocycles. The van der Waals surface area contributed by atoms with E-state index < -0.39 is 83.6 Å². The Morgan fingerprint density at radius 1 is 0.297 bits per heavy atom. The maximum absolute atomic E-state index is 11.4. The van der Waals surface area contributed by atoms with Crippen molar-refractivity contribution < 1.29 is 119 Å². The highest BCUT2D eigenvalue weighted by Gasteiger charge is 2.62. The minimum atomic E-state index is -6.02. The van der Waals surface area contributed by atoms with E-state index in [2.05, 4.69) is 27.1 Å². The summed E-state index contributed by atoms with van der Waals surface area (Å²) < 4.78 is 93.1. The topological polar surface area (TPSA) is 432 Å². The van der Waals surface area contributed by atoms with Crippen molar-refractivity contribution in [2.75, 3.05) is 0 Å². The number of phosphoric acid groups is 6. The Bertz CT molecular complexity index is 818. The molecular formula is C6H20O25P6. The summed E-state index contributed by atoms with van der Waals surface area (Å²) in [5.41, 5.74) is 0. The fraction of sp³-hybridized carbons (Fsp3) is 1.00. The second-order valence-electron chi connectivity index (χ2n) is 6.36. The fourth-order valence-electron chi connectivity index (χ4n) is 2.79. The van der Waals surface area contributed by atoms with Gasteiger partial charge in [-0.2, -0.15) is 0 Å². The lowest BCUT2D eigenvalue weighted by atomic mass is 9.85. The average molecular weight is 678 g/mol. The first kappa shape index (κ1) is 37.6. The predicted octanol–water partition coefficient (Wildman–Crippen LogP) is -3.96. The van der Waals surface area contributed by atoms with Gasteiger partial charge in [0.25, 0.3) is 0 Å². The van der Waals surface area contributed by atoms with Crippen LogP contribution in [0.2, 0.25) is 0 Å². The number of hydrogen-bond acceptors (Lipinski definition) is 12. The van der Waals surface area contributed by atoms with Gasteiger partial charge < -0.3 is 64.2 Å².